The number of methoxy groups -OCH3 is 1. The van der Waals surface area contributed by atoms with Gasteiger partial charge in [0.05, 0.1) is 30.9 Å². The van der Waals surface area contributed by atoms with Crippen molar-refractivity contribution >= 4 is 6.03 Å². The zero-order chi connectivity index (χ0) is 25.8. The van der Waals surface area contributed by atoms with Crippen molar-refractivity contribution in [3.05, 3.63) is 58.7 Å². The van der Waals surface area contributed by atoms with Gasteiger partial charge < -0.3 is 19.7 Å². The third kappa shape index (κ3) is 6.08. The van der Waals surface area contributed by atoms with Crippen LogP contribution in [0.5, 0.6) is 0 Å². The zero-order valence-electron chi connectivity index (χ0n) is 21.3. The third-order valence-corrected chi connectivity index (χ3v) is 7.77. The fourth-order valence-electron chi connectivity index (χ4n) is 5.68. The van der Waals surface area contributed by atoms with Crippen LogP contribution in [-0.4, -0.2) is 78.4 Å². The van der Waals surface area contributed by atoms with Crippen LogP contribution >= 0.6 is 0 Å². The van der Waals surface area contributed by atoms with E-state index in [0.717, 1.165) is 62.2 Å². The van der Waals surface area contributed by atoms with Crippen LogP contribution in [0.25, 0.3) is 0 Å². The molecule has 0 radical (unpaired) electrons. The van der Waals surface area contributed by atoms with Crippen molar-refractivity contribution in [2.45, 2.75) is 50.7 Å². The lowest BCUT2D eigenvalue weighted by Gasteiger charge is -2.32. The first kappa shape index (κ1) is 25.9. The van der Waals surface area contributed by atoms with Crippen LogP contribution < -0.4 is 5.32 Å². The van der Waals surface area contributed by atoms with E-state index in [1.54, 1.807) is 18.1 Å². The van der Waals surface area contributed by atoms with Gasteiger partial charge in [0.25, 0.3) is 0 Å². The van der Waals surface area contributed by atoms with Crippen molar-refractivity contribution < 1.29 is 23.0 Å². The summed E-state index contributed by atoms with van der Waals surface area (Å²) < 4.78 is 38.4. The number of hydrogen-bond donors (Lipinski definition) is 1. The molecule has 3 aliphatic rings. The van der Waals surface area contributed by atoms with Gasteiger partial charge in [0.2, 0.25) is 0 Å². The van der Waals surface area contributed by atoms with E-state index >= 15 is 0 Å². The maximum Gasteiger partial charge on any atom is 0.318 e. The number of amides is 2. The average Bonchev–Trinajstić information content (AvgIpc) is 3.31. The normalized spacial score (nSPS) is 22.7. The minimum atomic E-state index is -0.884. The van der Waals surface area contributed by atoms with E-state index in [0.29, 0.717) is 50.6 Å². The van der Waals surface area contributed by atoms with Crippen molar-refractivity contribution in [1.29, 1.82) is 0 Å². The molecule has 2 aromatic rings. The molecule has 37 heavy (non-hydrogen) atoms. The number of nitrogens with zero attached hydrogens (tertiary/aromatic N) is 4. The number of hydrogen-bond acceptors (Lipinski definition) is 6. The highest BCUT2D eigenvalue weighted by Crippen LogP contribution is 2.33. The number of benzene rings is 1. The molecule has 2 fully saturated rings. The Balaban J connectivity index is 1.26. The van der Waals surface area contributed by atoms with Crippen LogP contribution in [0.1, 0.15) is 47.9 Å². The summed E-state index contributed by atoms with van der Waals surface area (Å²) in [4.78, 5) is 26.7. The predicted octanol–water partition coefficient (Wildman–Crippen LogP) is 3.25. The molecule has 2 saturated heterocycles. The minimum Gasteiger partial charge on any atom is -0.383 e. The van der Waals surface area contributed by atoms with E-state index in [9.17, 15) is 13.6 Å². The first-order chi connectivity index (χ1) is 18.0. The number of carbonyl (C=O) groups is 1. The number of nitrogens with one attached hydrogen (secondary N) is 1. The summed E-state index contributed by atoms with van der Waals surface area (Å²) in [6.45, 7) is 4.47. The van der Waals surface area contributed by atoms with E-state index in [2.05, 4.69) is 15.2 Å². The molecule has 1 aromatic heterocycles. The van der Waals surface area contributed by atoms with Gasteiger partial charge in [0.1, 0.15) is 5.82 Å². The first-order valence-electron chi connectivity index (χ1n) is 13.2. The molecule has 4 heterocycles. The molecule has 0 bridgehead atoms. The highest BCUT2D eigenvalue weighted by Gasteiger charge is 2.37. The van der Waals surface area contributed by atoms with Crippen LogP contribution in [0, 0.1) is 17.6 Å². The maximum atomic E-state index is 14.1. The number of carbonyl (C=O) groups excluding carboxylic acids is 1. The molecule has 2 amide bonds. The lowest BCUT2D eigenvalue weighted by Crippen LogP contribution is -2.48. The Morgan fingerprint density at radius 3 is 2.81 bits per heavy atom. The summed E-state index contributed by atoms with van der Waals surface area (Å²) >= 11 is 0. The summed E-state index contributed by atoms with van der Waals surface area (Å²) in [5.41, 5.74) is 2.64. The highest BCUT2D eigenvalue weighted by atomic mass is 19.2. The van der Waals surface area contributed by atoms with Crippen molar-refractivity contribution in [3.8, 4) is 0 Å². The number of fused-ring (bicyclic) bond motifs is 1. The Morgan fingerprint density at radius 2 is 2.03 bits per heavy atom. The van der Waals surface area contributed by atoms with Gasteiger partial charge in [-0.15, -0.1) is 0 Å². The van der Waals surface area contributed by atoms with Gasteiger partial charge >= 0.3 is 6.03 Å². The van der Waals surface area contributed by atoms with E-state index in [1.165, 1.54) is 6.07 Å². The van der Waals surface area contributed by atoms with Crippen molar-refractivity contribution in [3.63, 3.8) is 0 Å². The molecule has 0 aliphatic carbocycles. The number of ether oxygens (including phenoxy) is 2. The number of urea groups is 1. The Bertz CT molecular complexity index is 1100. The standard InChI is InChI=1S/C27H35F2N5O3/c1-36-13-10-33-9-5-23(26(33)19-2-3-21(28)22(29)15-19)32-27(35)34-8-4-20-16-30-25(31-24(20)17-34)14-18-6-11-37-12-7-18/h2-3,15-16,18,23,26H,4-14,17H2,1H3,(H,32,35)/t23-,26+/m1/s1. The van der Waals surface area contributed by atoms with E-state index < -0.39 is 11.6 Å². The summed E-state index contributed by atoms with van der Waals surface area (Å²) in [5, 5.41) is 3.18. The Morgan fingerprint density at radius 1 is 1.19 bits per heavy atom. The summed E-state index contributed by atoms with van der Waals surface area (Å²) in [6, 6.07) is 3.32. The van der Waals surface area contributed by atoms with Crippen LogP contribution in [0.2, 0.25) is 0 Å². The van der Waals surface area contributed by atoms with Gasteiger partial charge in [0, 0.05) is 52.6 Å². The zero-order valence-corrected chi connectivity index (χ0v) is 21.3. The maximum absolute atomic E-state index is 14.1. The van der Waals surface area contributed by atoms with Gasteiger partial charge in [-0.05, 0) is 54.9 Å². The molecule has 5 rings (SSSR count). The van der Waals surface area contributed by atoms with Crippen LogP contribution in [0.3, 0.4) is 0 Å². The molecule has 8 nitrogen and oxygen atoms in total. The molecule has 0 unspecified atom stereocenters. The molecule has 3 aliphatic heterocycles. The van der Waals surface area contributed by atoms with Crippen LogP contribution in [-0.2, 0) is 28.9 Å². The fraction of sp³-hybridized carbons (Fsp3) is 0.593. The Kier molecular flexibility index (Phi) is 8.26. The van der Waals surface area contributed by atoms with Crippen molar-refractivity contribution in [2.75, 3.05) is 46.6 Å². The second kappa shape index (κ2) is 11.8. The third-order valence-electron chi connectivity index (χ3n) is 7.77. The molecule has 1 aromatic carbocycles. The quantitative estimate of drug-likeness (QED) is 0.610. The number of halogens is 2. The molecule has 0 spiro atoms. The lowest BCUT2D eigenvalue weighted by atomic mass is 9.96. The summed E-state index contributed by atoms with van der Waals surface area (Å²) in [7, 11) is 1.63. The van der Waals surface area contributed by atoms with E-state index in [4.69, 9.17) is 14.5 Å². The second-order valence-corrected chi connectivity index (χ2v) is 10.2. The molecule has 0 saturated carbocycles. The van der Waals surface area contributed by atoms with Gasteiger partial charge in [-0.2, -0.15) is 0 Å². The monoisotopic (exact) mass is 515 g/mol. The average molecular weight is 516 g/mol. The smallest absolute Gasteiger partial charge is 0.318 e. The molecule has 1 N–H and O–H groups in total. The molecular weight excluding hydrogens is 480 g/mol. The Hall–Kier alpha value is -2.69. The summed E-state index contributed by atoms with van der Waals surface area (Å²) in [5.74, 6) is -0.400. The van der Waals surface area contributed by atoms with Gasteiger partial charge in [-0.1, -0.05) is 6.07 Å². The molecular formula is C27H35F2N5O3. The first-order valence-corrected chi connectivity index (χ1v) is 13.2. The number of likely N-dealkylation sites (tertiary alicyclic amines) is 1. The topological polar surface area (TPSA) is 79.8 Å². The van der Waals surface area contributed by atoms with Crippen molar-refractivity contribution in [2.24, 2.45) is 5.92 Å². The number of aromatic nitrogens is 2. The minimum absolute atomic E-state index is 0.165. The van der Waals surface area contributed by atoms with Gasteiger partial charge in [-0.25, -0.2) is 23.5 Å². The van der Waals surface area contributed by atoms with Gasteiger partial charge in [0.15, 0.2) is 11.6 Å². The lowest BCUT2D eigenvalue weighted by molar-refractivity contribution is 0.0659. The highest BCUT2D eigenvalue weighted by molar-refractivity contribution is 5.75. The largest absolute Gasteiger partial charge is 0.383 e. The van der Waals surface area contributed by atoms with Gasteiger partial charge in [-0.3, -0.25) is 4.90 Å². The fourth-order valence-corrected chi connectivity index (χ4v) is 5.68. The van der Waals surface area contributed by atoms with Crippen molar-refractivity contribution in [1.82, 2.24) is 25.1 Å². The van der Waals surface area contributed by atoms with Crippen LogP contribution in [0.4, 0.5) is 13.6 Å². The number of rotatable bonds is 7. The SMILES string of the molecule is COCCN1CC[C@@H](NC(=O)N2CCc3cnc(CC4CCOCC4)nc3C2)[C@@H]1c1ccc(F)c(F)c1. The summed E-state index contributed by atoms with van der Waals surface area (Å²) in [6.07, 6.45) is 6.21. The molecule has 10 heteroatoms. The second-order valence-electron chi connectivity index (χ2n) is 10.2. The molecule has 2 atom stereocenters. The van der Waals surface area contributed by atoms with Crippen LogP contribution in [0.15, 0.2) is 24.4 Å². The van der Waals surface area contributed by atoms with E-state index in [-0.39, 0.29) is 18.1 Å². The molecule has 200 valence electrons. The predicted molar refractivity (Wildman–Crippen MR) is 133 cm³/mol. The van der Waals surface area contributed by atoms with E-state index in [1.807, 2.05) is 6.20 Å². The Labute approximate surface area is 216 Å².